The second-order valence-corrected chi connectivity index (χ2v) is 7.30. The lowest BCUT2D eigenvalue weighted by Crippen LogP contribution is -2.46. The second-order valence-electron chi connectivity index (χ2n) is 6.45. The molecule has 2 heterocycles. The van der Waals surface area contributed by atoms with E-state index < -0.39 is 16.7 Å². The third-order valence-corrected chi connectivity index (χ3v) is 5.64. The van der Waals surface area contributed by atoms with Crippen LogP contribution in [0.25, 0.3) is 10.8 Å². The van der Waals surface area contributed by atoms with Gasteiger partial charge >= 0.3 is 0 Å². The summed E-state index contributed by atoms with van der Waals surface area (Å²) in [6, 6.07) is 5.98. The molecule has 4 rings (SSSR count). The predicted molar refractivity (Wildman–Crippen MR) is 101 cm³/mol. The maximum Gasteiger partial charge on any atom is 0.278 e. The molecule has 0 bridgehead atoms. The summed E-state index contributed by atoms with van der Waals surface area (Å²) >= 11 is 3.32. The third kappa shape index (κ3) is 3.01. The van der Waals surface area contributed by atoms with E-state index in [1.54, 1.807) is 12.1 Å². The molecule has 0 aliphatic carbocycles. The van der Waals surface area contributed by atoms with Crippen LogP contribution in [-0.2, 0) is 4.74 Å². The number of imide groups is 1. The Labute approximate surface area is 162 Å². The SMILES string of the molecule is O=C1c2ccc(Br)c3c([N+](=O)[O-])ccc(c23)C(=O)N1CCN1CCOCC1. The highest BCUT2D eigenvalue weighted by molar-refractivity contribution is 9.10. The van der Waals surface area contributed by atoms with Gasteiger partial charge in [-0.05, 0) is 34.1 Å². The summed E-state index contributed by atoms with van der Waals surface area (Å²) in [6.45, 7) is 3.65. The Bertz CT molecular complexity index is 949. The number of nitrogens with zero attached hydrogens (tertiary/aromatic N) is 3. The predicted octanol–water partition coefficient (Wildman–Crippen LogP) is 2.44. The van der Waals surface area contributed by atoms with Crippen LogP contribution in [0.15, 0.2) is 28.7 Å². The van der Waals surface area contributed by atoms with E-state index in [4.69, 9.17) is 4.74 Å². The molecule has 0 aromatic heterocycles. The van der Waals surface area contributed by atoms with Crippen LogP contribution in [0.1, 0.15) is 20.7 Å². The number of carbonyl (C=O) groups is 2. The van der Waals surface area contributed by atoms with E-state index in [1.807, 2.05) is 0 Å². The molecule has 1 saturated heterocycles. The molecule has 0 saturated carbocycles. The first-order valence-corrected chi connectivity index (χ1v) is 9.34. The molecule has 0 unspecified atom stereocenters. The summed E-state index contributed by atoms with van der Waals surface area (Å²) in [4.78, 5) is 40.2. The van der Waals surface area contributed by atoms with Crippen molar-refractivity contribution in [3.63, 3.8) is 0 Å². The van der Waals surface area contributed by atoms with Gasteiger partial charge in [0.25, 0.3) is 17.5 Å². The Morgan fingerprint density at radius 3 is 2.26 bits per heavy atom. The Hall–Kier alpha value is -2.36. The van der Waals surface area contributed by atoms with Gasteiger partial charge in [0.05, 0.1) is 23.5 Å². The number of hydrogen-bond acceptors (Lipinski definition) is 6. The maximum atomic E-state index is 13.0. The summed E-state index contributed by atoms with van der Waals surface area (Å²) in [7, 11) is 0. The van der Waals surface area contributed by atoms with E-state index in [0.717, 1.165) is 13.1 Å². The van der Waals surface area contributed by atoms with Crippen molar-refractivity contribution in [3.8, 4) is 0 Å². The highest BCUT2D eigenvalue weighted by atomic mass is 79.9. The first-order valence-electron chi connectivity index (χ1n) is 8.55. The number of halogens is 1. The fraction of sp³-hybridized carbons (Fsp3) is 0.333. The van der Waals surface area contributed by atoms with Crippen molar-refractivity contribution in [1.82, 2.24) is 9.80 Å². The molecule has 8 nitrogen and oxygen atoms in total. The average molecular weight is 434 g/mol. The average Bonchev–Trinajstić information content (AvgIpc) is 2.67. The summed E-state index contributed by atoms with van der Waals surface area (Å²) in [5, 5.41) is 12.0. The van der Waals surface area contributed by atoms with E-state index in [2.05, 4.69) is 20.8 Å². The van der Waals surface area contributed by atoms with Gasteiger partial charge in [0.1, 0.15) is 0 Å². The summed E-state index contributed by atoms with van der Waals surface area (Å²) in [5.41, 5.74) is 0.492. The molecule has 9 heteroatoms. The van der Waals surface area contributed by atoms with Gasteiger partial charge in [0.2, 0.25) is 0 Å². The van der Waals surface area contributed by atoms with Crippen LogP contribution in [0.3, 0.4) is 0 Å². The van der Waals surface area contributed by atoms with Crippen LogP contribution >= 0.6 is 15.9 Å². The van der Waals surface area contributed by atoms with Crippen molar-refractivity contribution in [1.29, 1.82) is 0 Å². The van der Waals surface area contributed by atoms with Gasteiger partial charge in [-0.25, -0.2) is 0 Å². The fourth-order valence-electron chi connectivity index (χ4n) is 3.60. The molecular formula is C18H16BrN3O5. The number of hydrogen-bond donors (Lipinski definition) is 0. The van der Waals surface area contributed by atoms with Crippen LogP contribution < -0.4 is 0 Å². The molecule has 0 spiro atoms. The second kappa shape index (κ2) is 6.99. The third-order valence-electron chi connectivity index (χ3n) is 4.98. The quantitative estimate of drug-likeness (QED) is 0.417. The fourth-order valence-corrected chi connectivity index (χ4v) is 4.13. The van der Waals surface area contributed by atoms with Gasteiger partial charge in [-0.2, -0.15) is 0 Å². The van der Waals surface area contributed by atoms with Crippen molar-refractivity contribution in [2.24, 2.45) is 0 Å². The lowest BCUT2D eigenvalue weighted by Gasteiger charge is -2.31. The minimum Gasteiger partial charge on any atom is -0.379 e. The van der Waals surface area contributed by atoms with Crippen LogP contribution in [0.5, 0.6) is 0 Å². The van der Waals surface area contributed by atoms with Crippen LogP contribution in [-0.4, -0.2) is 65.9 Å². The number of rotatable bonds is 4. The van der Waals surface area contributed by atoms with E-state index in [1.165, 1.54) is 17.0 Å². The molecule has 0 N–H and O–H groups in total. The number of ether oxygens (including phenoxy) is 1. The van der Waals surface area contributed by atoms with Crippen molar-refractivity contribution in [2.45, 2.75) is 0 Å². The molecule has 140 valence electrons. The molecule has 1 fully saturated rings. The zero-order chi connectivity index (χ0) is 19.1. The molecule has 2 aromatic carbocycles. The summed E-state index contributed by atoms with van der Waals surface area (Å²) in [6.07, 6.45) is 0. The molecule has 2 aliphatic heterocycles. The van der Waals surface area contributed by atoms with Gasteiger partial charge in [0.15, 0.2) is 0 Å². The maximum absolute atomic E-state index is 13.0. The zero-order valence-corrected chi connectivity index (χ0v) is 15.9. The number of morpholine rings is 1. The Kier molecular flexibility index (Phi) is 4.67. The molecule has 2 aromatic rings. The summed E-state index contributed by atoms with van der Waals surface area (Å²) in [5.74, 6) is -0.836. The lowest BCUT2D eigenvalue weighted by molar-refractivity contribution is -0.383. The van der Waals surface area contributed by atoms with Gasteiger partial charge in [-0.15, -0.1) is 0 Å². The number of amides is 2. The Morgan fingerprint density at radius 2 is 1.63 bits per heavy atom. The molecular weight excluding hydrogens is 418 g/mol. The van der Waals surface area contributed by atoms with Crippen molar-refractivity contribution < 1.29 is 19.2 Å². The zero-order valence-electron chi connectivity index (χ0n) is 14.3. The lowest BCUT2D eigenvalue weighted by atomic mass is 9.93. The smallest absolute Gasteiger partial charge is 0.278 e. The monoisotopic (exact) mass is 433 g/mol. The largest absolute Gasteiger partial charge is 0.379 e. The highest BCUT2D eigenvalue weighted by Crippen LogP contribution is 2.39. The van der Waals surface area contributed by atoms with Gasteiger partial charge in [-0.3, -0.25) is 29.5 Å². The normalized spacial score (nSPS) is 17.6. The van der Waals surface area contributed by atoms with Crippen LogP contribution in [0, 0.1) is 10.1 Å². The molecule has 2 amide bonds. The van der Waals surface area contributed by atoms with E-state index in [0.29, 0.717) is 40.7 Å². The Morgan fingerprint density at radius 1 is 1.00 bits per heavy atom. The van der Waals surface area contributed by atoms with Crippen molar-refractivity contribution in [3.05, 3.63) is 50.0 Å². The van der Waals surface area contributed by atoms with Gasteiger partial charge in [-0.1, -0.05) is 0 Å². The number of nitro groups is 1. The molecule has 0 atom stereocenters. The minimum absolute atomic E-state index is 0.134. The van der Waals surface area contributed by atoms with Gasteiger partial charge < -0.3 is 4.74 Å². The summed E-state index contributed by atoms with van der Waals surface area (Å²) < 4.78 is 5.80. The van der Waals surface area contributed by atoms with E-state index >= 15 is 0 Å². The molecule has 27 heavy (non-hydrogen) atoms. The van der Waals surface area contributed by atoms with E-state index in [-0.39, 0.29) is 17.6 Å². The molecule has 0 radical (unpaired) electrons. The molecule has 2 aliphatic rings. The van der Waals surface area contributed by atoms with Crippen LogP contribution in [0.4, 0.5) is 5.69 Å². The van der Waals surface area contributed by atoms with Crippen molar-refractivity contribution >= 4 is 44.2 Å². The Balaban J connectivity index is 1.74. The number of benzene rings is 2. The first kappa shape index (κ1) is 18.0. The van der Waals surface area contributed by atoms with E-state index in [9.17, 15) is 19.7 Å². The van der Waals surface area contributed by atoms with Crippen molar-refractivity contribution in [2.75, 3.05) is 39.4 Å². The standard InChI is InChI=1S/C18H16BrN3O5/c19-13-3-1-11-15-12(2-4-14(16(13)15)22(25)26)18(24)21(17(11)23)6-5-20-7-9-27-10-8-20/h1-4H,5-10H2. The number of non-ortho nitro benzene ring substituents is 1. The highest BCUT2D eigenvalue weighted by Gasteiger charge is 2.35. The first-order chi connectivity index (χ1) is 13.0. The topological polar surface area (TPSA) is 93.0 Å². The van der Waals surface area contributed by atoms with Gasteiger partial charge in [0, 0.05) is 53.2 Å². The minimum atomic E-state index is -0.507. The van der Waals surface area contributed by atoms with Crippen LogP contribution in [0.2, 0.25) is 0 Å². The number of nitro benzene ring substituents is 1. The number of carbonyl (C=O) groups excluding carboxylic acids is 2.